The lowest BCUT2D eigenvalue weighted by Crippen LogP contribution is -2.27. The molecule has 0 aliphatic rings. The lowest BCUT2D eigenvalue weighted by molar-refractivity contribution is 0.0745. The molecule has 0 N–H and O–H groups in total. The van der Waals surface area contributed by atoms with Crippen molar-refractivity contribution in [3.05, 3.63) is 84.1 Å². The van der Waals surface area contributed by atoms with Crippen LogP contribution in [0.25, 0.3) is 0 Å². The third-order valence-corrected chi connectivity index (χ3v) is 4.43. The number of carbonyl (C=O) groups excluding carboxylic acids is 1. The van der Waals surface area contributed by atoms with Gasteiger partial charge in [-0.25, -0.2) is 0 Å². The van der Waals surface area contributed by atoms with E-state index in [2.05, 4.69) is 11.7 Å². The standard InChI is InChI=1S/C22H25N3O3/c1-4-8-17-9-6-7-10-20(17)27-16-19-11-12-21(28-19)22(26)24(3)15-18-13-14-23-25(18)5-2/h4,6-7,9-14H,1,5,8,15-16H2,2-3H3. The zero-order chi connectivity index (χ0) is 19.9. The first-order chi connectivity index (χ1) is 13.6. The molecule has 1 aromatic carbocycles. The smallest absolute Gasteiger partial charge is 0.289 e. The van der Waals surface area contributed by atoms with Gasteiger partial charge in [0.15, 0.2) is 5.76 Å². The van der Waals surface area contributed by atoms with E-state index in [0.29, 0.717) is 18.1 Å². The number of ether oxygens (including phenoxy) is 1. The van der Waals surface area contributed by atoms with Crippen molar-refractivity contribution in [3.8, 4) is 5.75 Å². The van der Waals surface area contributed by atoms with Crippen molar-refractivity contribution in [2.75, 3.05) is 7.05 Å². The number of aromatic nitrogens is 2. The maximum absolute atomic E-state index is 12.6. The highest BCUT2D eigenvalue weighted by Crippen LogP contribution is 2.21. The van der Waals surface area contributed by atoms with Gasteiger partial charge in [-0.3, -0.25) is 9.48 Å². The monoisotopic (exact) mass is 379 g/mol. The van der Waals surface area contributed by atoms with Crippen LogP contribution in [0.15, 0.2) is 65.7 Å². The lowest BCUT2D eigenvalue weighted by atomic mass is 10.1. The van der Waals surface area contributed by atoms with E-state index in [-0.39, 0.29) is 12.5 Å². The van der Waals surface area contributed by atoms with E-state index >= 15 is 0 Å². The van der Waals surface area contributed by atoms with Crippen molar-refractivity contribution in [2.24, 2.45) is 0 Å². The van der Waals surface area contributed by atoms with E-state index in [0.717, 1.165) is 30.0 Å². The Morgan fingerprint density at radius 1 is 1.29 bits per heavy atom. The molecule has 0 bridgehead atoms. The summed E-state index contributed by atoms with van der Waals surface area (Å²) in [5.74, 6) is 1.51. The number of allylic oxidation sites excluding steroid dienone is 1. The molecule has 0 spiro atoms. The predicted molar refractivity (Wildman–Crippen MR) is 107 cm³/mol. The molecule has 1 amide bonds. The number of nitrogens with zero attached hydrogens (tertiary/aromatic N) is 3. The van der Waals surface area contributed by atoms with Crippen molar-refractivity contribution < 1.29 is 13.9 Å². The fourth-order valence-electron chi connectivity index (χ4n) is 2.97. The minimum Gasteiger partial charge on any atom is -0.485 e. The zero-order valence-electron chi connectivity index (χ0n) is 16.3. The van der Waals surface area contributed by atoms with E-state index in [1.807, 2.05) is 48.0 Å². The van der Waals surface area contributed by atoms with Crippen LogP contribution in [0, 0.1) is 0 Å². The average molecular weight is 379 g/mol. The highest BCUT2D eigenvalue weighted by Gasteiger charge is 2.18. The largest absolute Gasteiger partial charge is 0.485 e. The molecule has 0 unspecified atom stereocenters. The van der Waals surface area contributed by atoms with Gasteiger partial charge < -0.3 is 14.1 Å². The molecule has 3 aromatic rings. The summed E-state index contributed by atoms with van der Waals surface area (Å²) in [7, 11) is 1.75. The summed E-state index contributed by atoms with van der Waals surface area (Å²) in [5.41, 5.74) is 2.04. The van der Waals surface area contributed by atoms with Gasteiger partial charge in [-0.2, -0.15) is 5.10 Å². The van der Waals surface area contributed by atoms with Gasteiger partial charge in [0.25, 0.3) is 5.91 Å². The summed E-state index contributed by atoms with van der Waals surface area (Å²) in [6, 6.07) is 13.2. The predicted octanol–water partition coefficient (Wildman–Crippen LogP) is 4.08. The number of carbonyl (C=O) groups is 1. The molecular formula is C22H25N3O3. The minimum absolute atomic E-state index is 0.179. The third kappa shape index (κ3) is 4.52. The van der Waals surface area contributed by atoms with Crippen molar-refractivity contribution >= 4 is 5.91 Å². The molecule has 6 heteroatoms. The van der Waals surface area contributed by atoms with Crippen LogP contribution in [0.5, 0.6) is 5.75 Å². The zero-order valence-corrected chi connectivity index (χ0v) is 16.3. The van der Waals surface area contributed by atoms with Crippen LogP contribution in [0.1, 0.15) is 34.5 Å². The number of hydrogen-bond donors (Lipinski definition) is 0. The van der Waals surface area contributed by atoms with Gasteiger partial charge in [-0.15, -0.1) is 6.58 Å². The molecule has 0 radical (unpaired) electrons. The summed E-state index contributed by atoms with van der Waals surface area (Å²) in [5, 5.41) is 4.23. The molecule has 0 saturated heterocycles. The molecule has 3 rings (SSSR count). The van der Waals surface area contributed by atoms with Gasteiger partial charge in [0, 0.05) is 19.8 Å². The van der Waals surface area contributed by atoms with Crippen LogP contribution in [0.2, 0.25) is 0 Å². The average Bonchev–Trinajstić information content (AvgIpc) is 3.36. The molecule has 6 nitrogen and oxygen atoms in total. The van der Waals surface area contributed by atoms with Gasteiger partial charge in [-0.05, 0) is 43.2 Å². The summed E-state index contributed by atoms with van der Waals surface area (Å²) >= 11 is 0. The number of amides is 1. The van der Waals surface area contributed by atoms with Crippen molar-refractivity contribution in [2.45, 2.75) is 33.0 Å². The van der Waals surface area contributed by atoms with Crippen LogP contribution < -0.4 is 4.74 Å². The number of para-hydroxylation sites is 1. The highest BCUT2D eigenvalue weighted by atomic mass is 16.5. The Bertz CT molecular complexity index is 942. The number of benzene rings is 1. The minimum atomic E-state index is -0.179. The van der Waals surface area contributed by atoms with E-state index < -0.39 is 0 Å². The molecule has 0 aliphatic carbocycles. The Balaban J connectivity index is 1.62. The van der Waals surface area contributed by atoms with E-state index in [1.165, 1.54) is 0 Å². The summed E-state index contributed by atoms with van der Waals surface area (Å²) < 4.78 is 13.4. The van der Waals surface area contributed by atoms with Gasteiger partial charge in [0.2, 0.25) is 0 Å². The van der Waals surface area contributed by atoms with Crippen molar-refractivity contribution in [3.63, 3.8) is 0 Å². The molecule has 0 saturated carbocycles. The second kappa shape index (κ2) is 9.08. The summed E-state index contributed by atoms with van der Waals surface area (Å²) in [4.78, 5) is 14.3. The highest BCUT2D eigenvalue weighted by molar-refractivity contribution is 5.91. The molecule has 0 atom stereocenters. The van der Waals surface area contributed by atoms with Gasteiger partial charge in [0.05, 0.1) is 12.2 Å². The molecule has 2 heterocycles. The van der Waals surface area contributed by atoms with Crippen LogP contribution >= 0.6 is 0 Å². The number of aryl methyl sites for hydroxylation is 1. The fourth-order valence-corrected chi connectivity index (χ4v) is 2.97. The normalized spacial score (nSPS) is 10.6. The van der Waals surface area contributed by atoms with E-state index in [9.17, 15) is 4.79 Å². The molecular weight excluding hydrogens is 354 g/mol. The number of hydrogen-bond acceptors (Lipinski definition) is 4. The lowest BCUT2D eigenvalue weighted by Gasteiger charge is -2.16. The van der Waals surface area contributed by atoms with Gasteiger partial charge in [0.1, 0.15) is 18.1 Å². The second-order valence-electron chi connectivity index (χ2n) is 6.45. The first kappa shape index (κ1) is 19.5. The molecule has 2 aromatic heterocycles. The topological polar surface area (TPSA) is 60.5 Å². The van der Waals surface area contributed by atoms with Gasteiger partial charge >= 0.3 is 0 Å². The Morgan fingerprint density at radius 3 is 2.89 bits per heavy atom. The third-order valence-electron chi connectivity index (χ3n) is 4.43. The number of furan rings is 1. The Kier molecular flexibility index (Phi) is 6.32. The fraction of sp³-hybridized carbons (Fsp3) is 0.273. The second-order valence-corrected chi connectivity index (χ2v) is 6.45. The summed E-state index contributed by atoms with van der Waals surface area (Å²) in [6.45, 7) is 7.28. The van der Waals surface area contributed by atoms with Gasteiger partial charge in [-0.1, -0.05) is 24.3 Å². The molecule has 0 aliphatic heterocycles. The van der Waals surface area contributed by atoms with Crippen LogP contribution in [0.4, 0.5) is 0 Å². The molecule has 0 fully saturated rings. The summed E-state index contributed by atoms with van der Waals surface area (Å²) in [6.07, 6.45) is 4.31. The Hall–Kier alpha value is -3.28. The molecule has 28 heavy (non-hydrogen) atoms. The molecule has 146 valence electrons. The van der Waals surface area contributed by atoms with E-state index in [4.69, 9.17) is 9.15 Å². The Morgan fingerprint density at radius 2 is 2.11 bits per heavy atom. The number of rotatable bonds is 9. The Labute approximate surface area is 165 Å². The SMILES string of the molecule is C=CCc1ccccc1OCc1ccc(C(=O)N(C)Cc2ccnn2CC)o1. The maximum atomic E-state index is 12.6. The maximum Gasteiger partial charge on any atom is 0.289 e. The van der Waals surface area contributed by atoms with Crippen molar-refractivity contribution in [1.82, 2.24) is 14.7 Å². The van der Waals surface area contributed by atoms with E-state index in [1.54, 1.807) is 30.3 Å². The van der Waals surface area contributed by atoms with Crippen LogP contribution in [-0.2, 0) is 26.1 Å². The first-order valence-electron chi connectivity index (χ1n) is 9.28. The van der Waals surface area contributed by atoms with Crippen molar-refractivity contribution in [1.29, 1.82) is 0 Å². The quantitative estimate of drug-likeness (QED) is 0.526. The van der Waals surface area contributed by atoms with Crippen LogP contribution in [0.3, 0.4) is 0 Å². The van der Waals surface area contributed by atoms with Crippen LogP contribution in [-0.4, -0.2) is 27.6 Å². The first-order valence-corrected chi connectivity index (χ1v) is 9.28.